The standard InChI is InChI=1S/C20H29N3O4/c1-4-26-16-12-20(21,19(16,2)3)18(25)23-14-9-7-13(8-10-14)22-17(24)15-6-5-11-27-15/h7-10,15-16H,4-6,11-12,21H2,1-3H3,(H,22,24)(H,23,25). The lowest BCUT2D eigenvalue weighted by molar-refractivity contribution is -0.166. The molecule has 148 valence electrons. The molecule has 1 aliphatic heterocycles. The minimum Gasteiger partial charge on any atom is -0.378 e. The van der Waals surface area contributed by atoms with Crippen LogP contribution < -0.4 is 16.4 Å². The van der Waals surface area contributed by atoms with Crippen molar-refractivity contribution in [2.75, 3.05) is 23.8 Å². The average molecular weight is 375 g/mol. The molecule has 2 amide bonds. The Kier molecular flexibility index (Phi) is 5.55. The van der Waals surface area contributed by atoms with E-state index >= 15 is 0 Å². The fraction of sp³-hybridized carbons (Fsp3) is 0.600. The van der Waals surface area contributed by atoms with Gasteiger partial charge < -0.3 is 25.8 Å². The van der Waals surface area contributed by atoms with Gasteiger partial charge in [-0.25, -0.2) is 0 Å². The first kappa shape index (κ1) is 19.8. The molecule has 1 saturated heterocycles. The molecule has 3 unspecified atom stereocenters. The van der Waals surface area contributed by atoms with Crippen LogP contribution in [0.15, 0.2) is 24.3 Å². The highest BCUT2D eigenvalue weighted by atomic mass is 16.5. The first-order valence-corrected chi connectivity index (χ1v) is 9.52. The van der Waals surface area contributed by atoms with E-state index in [0.29, 0.717) is 31.0 Å². The molecule has 0 bridgehead atoms. The lowest BCUT2D eigenvalue weighted by Crippen LogP contribution is -2.74. The van der Waals surface area contributed by atoms with Crippen LogP contribution in [0.5, 0.6) is 0 Å². The maximum absolute atomic E-state index is 12.7. The molecule has 4 N–H and O–H groups in total. The largest absolute Gasteiger partial charge is 0.378 e. The lowest BCUT2D eigenvalue weighted by atomic mass is 9.54. The first-order valence-electron chi connectivity index (χ1n) is 9.52. The van der Waals surface area contributed by atoms with Crippen LogP contribution in [0.4, 0.5) is 11.4 Å². The zero-order valence-electron chi connectivity index (χ0n) is 16.2. The van der Waals surface area contributed by atoms with E-state index in [4.69, 9.17) is 15.2 Å². The van der Waals surface area contributed by atoms with E-state index < -0.39 is 11.0 Å². The van der Waals surface area contributed by atoms with Crippen molar-refractivity contribution >= 4 is 23.2 Å². The summed E-state index contributed by atoms with van der Waals surface area (Å²) < 4.78 is 11.0. The van der Waals surface area contributed by atoms with E-state index in [1.807, 2.05) is 20.8 Å². The highest BCUT2D eigenvalue weighted by Gasteiger charge is 2.62. The van der Waals surface area contributed by atoms with E-state index in [0.717, 1.165) is 12.8 Å². The zero-order valence-corrected chi connectivity index (χ0v) is 16.2. The Morgan fingerprint density at radius 1 is 1.22 bits per heavy atom. The van der Waals surface area contributed by atoms with Crippen LogP contribution in [0, 0.1) is 5.41 Å². The average Bonchev–Trinajstić information content (AvgIpc) is 3.17. The summed E-state index contributed by atoms with van der Waals surface area (Å²) in [7, 11) is 0. The molecule has 0 aromatic heterocycles. The predicted octanol–water partition coefficient (Wildman–Crippen LogP) is 2.28. The Balaban J connectivity index is 1.58. The molecule has 0 spiro atoms. The molecular weight excluding hydrogens is 346 g/mol. The molecule has 7 nitrogen and oxygen atoms in total. The first-order chi connectivity index (χ1) is 12.8. The molecule has 27 heavy (non-hydrogen) atoms. The number of hydrogen-bond donors (Lipinski definition) is 3. The molecule has 7 heteroatoms. The molecule has 1 aliphatic carbocycles. The smallest absolute Gasteiger partial charge is 0.253 e. The van der Waals surface area contributed by atoms with Crippen molar-refractivity contribution in [1.82, 2.24) is 0 Å². The Bertz CT molecular complexity index is 698. The minimum atomic E-state index is -0.973. The van der Waals surface area contributed by atoms with Crippen molar-refractivity contribution in [3.63, 3.8) is 0 Å². The fourth-order valence-corrected chi connectivity index (χ4v) is 3.71. The van der Waals surface area contributed by atoms with Crippen molar-refractivity contribution in [2.45, 2.75) is 57.8 Å². The van der Waals surface area contributed by atoms with Gasteiger partial charge in [-0.3, -0.25) is 9.59 Å². The van der Waals surface area contributed by atoms with Gasteiger partial charge in [0.2, 0.25) is 5.91 Å². The van der Waals surface area contributed by atoms with E-state index in [-0.39, 0.29) is 24.0 Å². The number of carbonyl (C=O) groups excluding carboxylic acids is 2. The molecule has 3 rings (SSSR count). The second-order valence-electron chi connectivity index (χ2n) is 7.86. The number of benzene rings is 1. The maximum Gasteiger partial charge on any atom is 0.253 e. The summed E-state index contributed by atoms with van der Waals surface area (Å²) in [6, 6.07) is 7.00. The quantitative estimate of drug-likeness (QED) is 0.708. The molecule has 1 heterocycles. The molecule has 0 radical (unpaired) electrons. The summed E-state index contributed by atoms with van der Waals surface area (Å²) in [4.78, 5) is 24.8. The molecule has 3 atom stereocenters. The van der Waals surface area contributed by atoms with Gasteiger partial charge in [0.15, 0.2) is 0 Å². The monoisotopic (exact) mass is 375 g/mol. The van der Waals surface area contributed by atoms with E-state index in [1.54, 1.807) is 24.3 Å². The summed E-state index contributed by atoms with van der Waals surface area (Å²) in [5.74, 6) is -0.358. The zero-order chi connectivity index (χ0) is 19.7. The number of hydrogen-bond acceptors (Lipinski definition) is 5. The summed E-state index contributed by atoms with van der Waals surface area (Å²) in [6.07, 6.45) is 1.76. The Labute approximate surface area is 160 Å². The summed E-state index contributed by atoms with van der Waals surface area (Å²) in [5.41, 5.74) is 6.28. The van der Waals surface area contributed by atoms with Gasteiger partial charge in [-0.05, 0) is 44.0 Å². The number of amides is 2. The van der Waals surface area contributed by atoms with Crippen LogP contribution in [0.2, 0.25) is 0 Å². The third kappa shape index (κ3) is 3.72. The second-order valence-corrected chi connectivity index (χ2v) is 7.86. The highest BCUT2D eigenvalue weighted by molar-refractivity contribution is 6.00. The Morgan fingerprint density at radius 3 is 2.37 bits per heavy atom. The van der Waals surface area contributed by atoms with Gasteiger partial charge >= 0.3 is 0 Å². The molecule has 2 fully saturated rings. The van der Waals surface area contributed by atoms with Crippen LogP contribution in [0.25, 0.3) is 0 Å². The Hall–Kier alpha value is -1.96. The number of carbonyl (C=O) groups is 2. The van der Waals surface area contributed by atoms with Crippen LogP contribution in [-0.2, 0) is 19.1 Å². The van der Waals surface area contributed by atoms with E-state index in [2.05, 4.69) is 10.6 Å². The topological polar surface area (TPSA) is 103 Å². The fourth-order valence-electron chi connectivity index (χ4n) is 3.71. The van der Waals surface area contributed by atoms with Crippen LogP contribution in [-0.4, -0.2) is 42.8 Å². The van der Waals surface area contributed by atoms with Gasteiger partial charge in [0.05, 0.1) is 6.10 Å². The van der Waals surface area contributed by atoms with Crippen molar-refractivity contribution in [2.24, 2.45) is 11.1 Å². The second kappa shape index (κ2) is 7.58. The van der Waals surface area contributed by atoms with Crippen LogP contribution in [0.3, 0.4) is 0 Å². The number of rotatable bonds is 6. The van der Waals surface area contributed by atoms with Crippen LogP contribution >= 0.6 is 0 Å². The number of nitrogens with two attached hydrogens (primary N) is 1. The molecule has 1 aromatic carbocycles. The van der Waals surface area contributed by atoms with Gasteiger partial charge in [-0.15, -0.1) is 0 Å². The van der Waals surface area contributed by atoms with Gasteiger partial charge in [-0.2, -0.15) is 0 Å². The van der Waals surface area contributed by atoms with E-state index in [1.165, 1.54) is 0 Å². The maximum atomic E-state index is 12.7. The van der Waals surface area contributed by atoms with Gasteiger partial charge in [0.1, 0.15) is 11.6 Å². The predicted molar refractivity (Wildman–Crippen MR) is 103 cm³/mol. The third-order valence-electron chi connectivity index (χ3n) is 5.87. The van der Waals surface area contributed by atoms with Gasteiger partial charge in [-0.1, -0.05) is 13.8 Å². The normalized spacial score (nSPS) is 29.0. The molecular formula is C20H29N3O4. The summed E-state index contributed by atoms with van der Waals surface area (Å²) in [6.45, 7) is 7.08. The minimum absolute atomic E-state index is 0.0198. The molecule has 1 saturated carbocycles. The number of anilines is 2. The summed E-state index contributed by atoms with van der Waals surface area (Å²) in [5, 5.41) is 5.71. The summed E-state index contributed by atoms with van der Waals surface area (Å²) >= 11 is 0. The molecule has 1 aromatic rings. The number of ether oxygens (including phenoxy) is 2. The van der Waals surface area contributed by atoms with Gasteiger partial charge in [0.25, 0.3) is 5.91 Å². The Morgan fingerprint density at radius 2 is 1.85 bits per heavy atom. The van der Waals surface area contributed by atoms with Crippen molar-refractivity contribution in [1.29, 1.82) is 0 Å². The van der Waals surface area contributed by atoms with Crippen LogP contribution in [0.1, 0.15) is 40.0 Å². The molecule has 2 aliphatic rings. The third-order valence-corrected chi connectivity index (χ3v) is 5.87. The van der Waals surface area contributed by atoms with Crippen molar-refractivity contribution in [3.05, 3.63) is 24.3 Å². The van der Waals surface area contributed by atoms with Crippen molar-refractivity contribution < 1.29 is 19.1 Å². The van der Waals surface area contributed by atoms with Crippen molar-refractivity contribution in [3.8, 4) is 0 Å². The lowest BCUT2D eigenvalue weighted by Gasteiger charge is -2.57. The SMILES string of the molecule is CCOC1CC(N)(C(=O)Nc2ccc(NC(=O)C3CCCO3)cc2)C1(C)C. The number of nitrogens with one attached hydrogen (secondary N) is 2. The highest BCUT2D eigenvalue weighted by Crippen LogP contribution is 2.50. The van der Waals surface area contributed by atoms with Gasteiger partial charge in [0, 0.05) is 36.4 Å². The van der Waals surface area contributed by atoms with E-state index in [9.17, 15) is 9.59 Å².